The number of non-ortho nitro benzene ring substituents is 1. The molecule has 3 N–H and O–H groups in total. The number of amides is 1. The highest BCUT2D eigenvalue weighted by molar-refractivity contribution is 7.10. The zero-order valence-electron chi connectivity index (χ0n) is 13.9. The molecule has 26 heavy (non-hydrogen) atoms. The van der Waals surface area contributed by atoms with Gasteiger partial charge in [-0.15, -0.1) is 11.3 Å². The Morgan fingerprint density at radius 3 is 2.62 bits per heavy atom. The van der Waals surface area contributed by atoms with Crippen LogP contribution in [0, 0.1) is 10.1 Å². The van der Waals surface area contributed by atoms with Crippen molar-refractivity contribution in [3.05, 3.63) is 92.7 Å². The molecule has 0 saturated carbocycles. The molecule has 2 aromatic carbocycles. The normalized spacial score (nSPS) is 11.7. The van der Waals surface area contributed by atoms with Gasteiger partial charge in [-0.3, -0.25) is 14.9 Å². The van der Waals surface area contributed by atoms with Gasteiger partial charge in [-0.25, -0.2) is 0 Å². The van der Waals surface area contributed by atoms with Gasteiger partial charge in [0.1, 0.15) is 6.04 Å². The monoisotopic (exact) mass is 368 g/mol. The van der Waals surface area contributed by atoms with Gasteiger partial charge in [0, 0.05) is 23.4 Å². The quantitative estimate of drug-likeness (QED) is 0.496. The lowest BCUT2D eigenvalue weighted by molar-refractivity contribution is -0.675. The summed E-state index contributed by atoms with van der Waals surface area (Å²) in [6.07, 6.45) is 0. The number of carbonyl (C=O) groups is 1. The maximum Gasteiger partial charge on any atom is 0.279 e. The van der Waals surface area contributed by atoms with Crippen molar-refractivity contribution in [2.45, 2.75) is 6.04 Å². The summed E-state index contributed by atoms with van der Waals surface area (Å²) in [6.45, 7) is 0.208. The number of nitro benzene ring substituents is 1. The van der Waals surface area contributed by atoms with E-state index in [-0.39, 0.29) is 24.2 Å². The number of hydrogen-bond donors (Lipinski definition) is 2. The van der Waals surface area contributed by atoms with E-state index in [1.54, 1.807) is 23.5 Å². The number of nitro groups is 1. The minimum Gasteiger partial charge on any atom is -0.328 e. The lowest BCUT2D eigenvalue weighted by Gasteiger charge is -2.14. The highest BCUT2D eigenvalue weighted by atomic mass is 32.1. The van der Waals surface area contributed by atoms with E-state index in [0.717, 1.165) is 5.56 Å². The van der Waals surface area contributed by atoms with Crippen molar-refractivity contribution in [2.75, 3.05) is 11.9 Å². The first kappa shape index (κ1) is 17.8. The van der Waals surface area contributed by atoms with Crippen LogP contribution >= 0.6 is 11.3 Å². The first-order valence-corrected chi connectivity index (χ1v) is 8.97. The van der Waals surface area contributed by atoms with Crippen LogP contribution in [0.1, 0.15) is 16.5 Å². The molecule has 6 nitrogen and oxygen atoms in total. The zero-order chi connectivity index (χ0) is 18.4. The summed E-state index contributed by atoms with van der Waals surface area (Å²) in [5.74, 6) is -0.206. The van der Waals surface area contributed by atoms with Gasteiger partial charge in [0.15, 0.2) is 6.54 Å². The Hall–Kier alpha value is -3.03. The van der Waals surface area contributed by atoms with Crippen LogP contribution in [0.25, 0.3) is 0 Å². The fourth-order valence-electron chi connectivity index (χ4n) is 2.68. The lowest BCUT2D eigenvalue weighted by Crippen LogP contribution is -2.87. The predicted octanol–water partition coefficient (Wildman–Crippen LogP) is 2.95. The topological polar surface area (TPSA) is 88.8 Å². The maximum atomic E-state index is 12.3. The third kappa shape index (κ3) is 4.53. The first-order valence-electron chi connectivity index (χ1n) is 8.09. The van der Waals surface area contributed by atoms with Gasteiger partial charge >= 0.3 is 0 Å². The molecule has 0 saturated heterocycles. The minimum atomic E-state index is -0.482. The number of hydrogen-bond acceptors (Lipinski definition) is 4. The van der Waals surface area contributed by atoms with Crippen LogP contribution in [0.15, 0.2) is 72.1 Å². The summed E-state index contributed by atoms with van der Waals surface area (Å²) < 4.78 is 0. The van der Waals surface area contributed by atoms with Crippen LogP contribution < -0.4 is 10.6 Å². The molecule has 0 radical (unpaired) electrons. The number of benzene rings is 2. The van der Waals surface area contributed by atoms with E-state index in [1.807, 2.05) is 47.1 Å². The number of nitrogens with two attached hydrogens (primary N) is 1. The Labute approximate surface area is 154 Å². The molecule has 132 valence electrons. The Morgan fingerprint density at radius 1 is 1.12 bits per heavy atom. The van der Waals surface area contributed by atoms with Gasteiger partial charge in [0.25, 0.3) is 11.6 Å². The summed E-state index contributed by atoms with van der Waals surface area (Å²) in [5.41, 5.74) is 1.50. The average Bonchev–Trinajstić information content (AvgIpc) is 3.17. The van der Waals surface area contributed by atoms with E-state index >= 15 is 0 Å². The number of rotatable bonds is 7. The molecule has 1 amide bonds. The Balaban J connectivity index is 1.67. The van der Waals surface area contributed by atoms with Crippen LogP contribution in [-0.4, -0.2) is 17.4 Å². The molecule has 1 aromatic heterocycles. The Kier molecular flexibility index (Phi) is 5.73. The number of thiophene rings is 1. The maximum absolute atomic E-state index is 12.3. The van der Waals surface area contributed by atoms with Crippen molar-refractivity contribution >= 4 is 28.6 Å². The summed E-state index contributed by atoms with van der Waals surface area (Å²) in [5, 5.41) is 17.5. The molecule has 0 aliphatic carbocycles. The van der Waals surface area contributed by atoms with Gasteiger partial charge in [0.2, 0.25) is 0 Å². The van der Waals surface area contributed by atoms with Crippen LogP contribution in [0.5, 0.6) is 0 Å². The second-order valence-electron chi connectivity index (χ2n) is 5.70. The van der Waals surface area contributed by atoms with Crippen molar-refractivity contribution in [3.8, 4) is 0 Å². The molecular weight excluding hydrogens is 350 g/mol. The molecule has 3 aromatic rings. The van der Waals surface area contributed by atoms with Crippen molar-refractivity contribution in [1.29, 1.82) is 0 Å². The van der Waals surface area contributed by atoms with E-state index < -0.39 is 4.92 Å². The Morgan fingerprint density at radius 2 is 1.92 bits per heavy atom. The second kappa shape index (κ2) is 8.37. The molecular formula is C19H18N3O3S+. The zero-order valence-corrected chi connectivity index (χ0v) is 14.7. The fourth-order valence-corrected chi connectivity index (χ4v) is 3.53. The van der Waals surface area contributed by atoms with E-state index in [9.17, 15) is 14.9 Å². The predicted molar refractivity (Wildman–Crippen MR) is 101 cm³/mol. The van der Waals surface area contributed by atoms with Crippen LogP contribution in [0.3, 0.4) is 0 Å². The number of nitrogens with one attached hydrogen (secondary N) is 1. The second-order valence-corrected chi connectivity index (χ2v) is 6.68. The standard InChI is InChI=1S/C19H17N3O3S/c23-18(21-15-8-4-9-16(12-15)22(24)25)13-20-19(17-10-5-11-26-17)14-6-2-1-3-7-14/h1-12,19-20H,13H2,(H,21,23)/p+1/t19-/m1/s1. The highest BCUT2D eigenvalue weighted by Crippen LogP contribution is 2.22. The van der Waals surface area contributed by atoms with Crippen molar-refractivity contribution in [3.63, 3.8) is 0 Å². The number of carbonyl (C=O) groups excluding carboxylic acids is 1. The number of nitrogens with zero attached hydrogens (tertiary/aromatic N) is 1. The molecule has 0 unspecified atom stereocenters. The molecule has 0 bridgehead atoms. The molecule has 7 heteroatoms. The van der Waals surface area contributed by atoms with Crippen molar-refractivity contribution in [1.82, 2.24) is 0 Å². The highest BCUT2D eigenvalue weighted by Gasteiger charge is 2.20. The molecule has 3 rings (SSSR count). The van der Waals surface area contributed by atoms with Gasteiger partial charge < -0.3 is 10.6 Å². The average molecular weight is 368 g/mol. The van der Waals surface area contributed by atoms with Gasteiger partial charge in [-0.05, 0) is 17.5 Å². The largest absolute Gasteiger partial charge is 0.328 e. The summed E-state index contributed by atoms with van der Waals surface area (Å²) in [7, 11) is 0. The summed E-state index contributed by atoms with van der Waals surface area (Å²) in [6, 6.07) is 20.0. The molecule has 0 aliphatic rings. The van der Waals surface area contributed by atoms with E-state index in [2.05, 4.69) is 11.4 Å². The summed E-state index contributed by atoms with van der Waals surface area (Å²) >= 11 is 1.65. The third-order valence-corrected chi connectivity index (χ3v) is 4.84. The van der Waals surface area contributed by atoms with Gasteiger partial charge in [0.05, 0.1) is 9.80 Å². The van der Waals surface area contributed by atoms with Crippen LogP contribution in [0.4, 0.5) is 11.4 Å². The smallest absolute Gasteiger partial charge is 0.279 e. The van der Waals surface area contributed by atoms with Crippen molar-refractivity contribution in [2.24, 2.45) is 0 Å². The van der Waals surface area contributed by atoms with E-state index in [4.69, 9.17) is 0 Å². The van der Waals surface area contributed by atoms with Crippen LogP contribution in [0.2, 0.25) is 0 Å². The van der Waals surface area contributed by atoms with Gasteiger partial charge in [-0.2, -0.15) is 0 Å². The number of quaternary nitrogens is 1. The SMILES string of the molecule is O=C(C[NH2+][C@H](c1ccccc1)c1cccs1)Nc1cccc([N+](=O)[O-])c1. The molecule has 0 spiro atoms. The first-order chi connectivity index (χ1) is 12.6. The molecule has 0 aliphatic heterocycles. The fraction of sp³-hybridized carbons (Fsp3) is 0.105. The third-order valence-electron chi connectivity index (χ3n) is 3.89. The lowest BCUT2D eigenvalue weighted by atomic mass is 10.1. The van der Waals surface area contributed by atoms with E-state index in [0.29, 0.717) is 5.69 Å². The van der Waals surface area contributed by atoms with Crippen LogP contribution in [-0.2, 0) is 4.79 Å². The van der Waals surface area contributed by atoms with E-state index in [1.165, 1.54) is 17.0 Å². The molecule has 1 heterocycles. The van der Waals surface area contributed by atoms with Crippen molar-refractivity contribution < 1.29 is 15.0 Å². The Bertz CT molecular complexity index is 882. The number of anilines is 1. The minimum absolute atomic E-state index is 0.0343. The summed E-state index contributed by atoms with van der Waals surface area (Å²) in [4.78, 5) is 23.8. The molecule has 1 atom stereocenters. The molecule has 0 fully saturated rings. The van der Waals surface area contributed by atoms with Gasteiger partial charge in [-0.1, -0.05) is 42.5 Å².